The van der Waals surface area contributed by atoms with Gasteiger partial charge >= 0.3 is 12.2 Å². The van der Waals surface area contributed by atoms with E-state index in [0.717, 1.165) is 24.1 Å². The maximum absolute atomic E-state index is 14.4. The van der Waals surface area contributed by atoms with Crippen LogP contribution in [0, 0.1) is 0 Å². The quantitative estimate of drug-likeness (QED) is 0.311. The van der Waals surface area contributed by atoms with E-state index in [9.17, 15) is 32.4 Å². The second-order valence-corrected chi connectivity index (χ2v) is 18.6. The molecule has 1 aromatic rings. The SMILES string of the molecule is CN(C)CCOc1ccc2c(c1)CN(C(=O)O[C@@H]1CC3C(=O)N[C@]4(C(=O)NS(=O)(=O)C5CC5)CC4=C=CCCCCC[C@H](NC(=O)OC(C)(C)C)C(=O)N3C1)C2. The third-order valence-corrected chi connectivity index (χ3v) is 12.3. The van der Waals surface area contributed by atoms with E-state index in [4.69, 9.17) is 14.2 Å². The number of fused-ring (bicyclic) bond motifs is 3. The van der Waals surface area contributed by atoms with Crippen molar-refractivity contribution < 1.29 is 46.6 Å². The molecule has 0 radical (unpaired) electrons. The van der Waals surface area contributed by atoms with Gasteiger partial charge in [-0.3, -0.25) is 24.0 Å². The Morgan fingerprint density at radius 3 is 2.52 bits per heavy atom. The van der Waals surface area contributed by atoms with E-state index in [0.29, 0.717) is 56.6 Å². The molecular formula is C39H54N6O10S. The first kappa shape index (κ1) is 41.0. The summed E-state index contributed by atoms with van der Waals surface area (Å²) >= 11 is 0. The summed E-state index contributed by atoms with van der Waals surface area (Å²) in [5, 5.41) is 4.79. The Hall–Kier alpha value is -4.60. The fraction of sp³-hybridized carbons (Fsp3) is 0.641. The summed E-state index contributed by atoms with van der Waals surface area (Å²) in [4.78, 5) is 73.7. The lowest BCUT2D eigenvalue weighted by molar-refractivity contribution is -0.141. The molecule has 3 aliphatic heterocycles. The second kappa shape index (κ2) is 16.5. The highest BCUT2D eigenvalue weighted by molar-refractivity contribution is 7.91. The fourth-order valence-electron chi connectivity index (χ4n) is 7.16. The molecule has 1 unspecified atom stereocenters. The van der Waals surface area contributed by atoms with E-state index in [1.54, 1.807) is 26.8 Å². The van der Waals surface area contributed by atoms with Gasteiger partial charge in [0.1, 0.15) is 36.1 Å². The molecule has 0 bridgehead atoms. The van der Waals surface area contributed by atoms with Gasteiger partial charge in [-0.1, -0.05) is 18.9 Å². The Labute approximate surface area is 328 Å². The number of alkyl carbamates (subject to hydrolysis) is 1. The Bertz CT molecular complexity index is 1900. The molecule has 2 aliphatic carbocycles. The molecule has 0 spiro atoms. The average molecular weight is 799 g/mol. The third-order valence-electron chi connectivity index (χ3n) is 10.4. The number of carbonyl (C=O) groups excluding carboxylic acids is 5. The lowest BCUT2D eigenvalue weighted by Gasteiger charge is -2.30. The van der Waals surface area contributed by atoms with Gasteiger partial charge in [-0.15, -0.1) is 5.73 Å². The first-order valence-electron chi connectivity index (χ1n) is 19.4. The topological polar surface area (TPSA) is 193 Å². The number of hydrogen-bond donors (Lipinski definition) is 3. The van der Waals surface area contributed by atoms with E-state index in [1.807, 2.05) is 37.2 Å². The number of carbonyl (C=O) groups is 5. The summed E-state index contributed by atoms with van der Waals surface area (Å²) in [5.74, 6) is -1.49. The number of ether oxygens (including phenoxy) is 3. The van der Waals surface area contributed by atoms with Crippen LogP contribution in [0.25, 0.3) is 0 Å². The van der Waals surface area contributed by atoms with Crippen LogP contribution in [0.5, 0.6) is 5.75 Å². The van der Waals surface area contributed by atoms with Crippen molar-refractivity contribution >= 4 is 39.9 Å². The summed E-state index contributed by atoms with van der Waals surface area (Å²) in [6, 6.07) is 3.40. The van der Waals surface area contributed by atoms with Crippen LogP contribution in [0.1, 0.15) is 89.7 Å². The van der Waals surface area contributed by atoms with Crippen molar-refractivity contribution in [3.8, 4) is 5.75 Å². The van der Waals surface area contributed by atoms with Crippen molar-refractivity contribution in [1.29, 1.82) is 0 Å². The van der Waals surface area contributed by atoms with Crippen molar-refractivity contribution in [2.75, 3.05) is 33.8 Å². The van der Waals surface area contributed by atoms with Crippen LogP contribution in [0.4, 0.5) is 9.59 Å². The summed E-state index contributed by atoms with van der Waals surface area (Å²) in [6.07, 6.45) is 3.14. The standard InChI is InChI=1S/C39H54N6O10S/c1-38(2,3)55-36(49)40-31-12-10-8-6-7-9-11-27-21-39(27,35(48)42-56(51,52)30-15-16-30)41-33(46)32-20-29(24-45(32)34(31)47)54-37(50)44-22-25-13-14-28(19-26(25)23-44)53-18-17-43(4)5/h9,13-14,19,29-32H,6-8,10,12,15-18,20-24H2,1-5H3,(H,40,49)(H,41,46)(H,42,48)/t11?,29-,31+,32?,39-/m1/s1. The molecule has 1 aromatic carbocycles. The third kappa shape index (κ3) is 10.0. The van der Waals surface area contributed by atoms with Crippen LogP contribution in [-0.2, 0) is 47.0 Å². The van der Waals surface area contributed by atoms with Gasteiger partial charge in [0.2, 0.25) is 21.8 Å². The van der Waals surface area contributed by atoms with Crippen molar-refractivity contribution in [3.05, 3.63) is 46.7 Å². The molecule has 1 saturated heterocycles. The first-order valence-corrected chi connectivity index (χ1v) is 21.0. The Morgan fingerprint density at radius 1 is 1.05 bits per heavy atom. The van der Waals surface area contributed by atoms with Crippen molar-refractivity contribution in [2.45, 2.75) is 126 Å². The fourth-order valence-corrected chi connectivity index (χ4v) is 8.52. The average Bonchev–Trinajstić information content (AvgIpc) is 4.00. The molecular weight excluding hydrogens is 745 g/mol. The number of amides is 5. The normalized spacial score (nSPS) is 25.5. The van der Waals surface area contributed by atoms with Crippen molar-refractivity contribution in [1.82, 2.24) is 30.1 Å². The minimum atomic E-state index is -3.94. The van der Waals surface area contributed by atoms with Crippen LogP contribution >= 0.6 is 0 Å². The molecule has 56 heavy (non-hydrogen) atoms. The highest BCUT2D eigenvalue weighted by atomic mass is 32.2. The summed E-state index contributed by atoms with van der Waals surface area (Å²) in [7, 11) is -0.0154. The molecule has 16 nitrogen and oxygen atoms in total. The summed E-state index contributed by atoms with van der Waals surface area (Å²) in [5.41, 5.74) is 2.88. The molecule has 2 saturated carbocycles. The number of nitrogens with zero attached hydrogens (tertiary/aromatic N) is 3. The zero-order valence-electron chi connectivity index (χ0n) is 32.9. The highest BCUT2D eigenvalue weighted by Crippen LogP contribution is 2.44. The number of benzene rings is 1. The number of nitrogens with one attached hydrogen (secondary N) is 3. The molecule has 3 heterocycles. The van der Waals surface area contributed by atoms with E-state index in [2.05, 4.69) is 21.1 Å². The lowest BCUT2D eigenvalue weighted by Crippen LogP contribution is -2.58. The lowest BCUT2D eigenvalue weighted by atomic mass is 10.1. The maximum atomic E-state index is 14.4. The van der Waals surface area contributed by atoms with Gasteiger partial charge in [0.05, 0.1) is 11.8 Å². The minimum Gasteiger partial charge on any atom is -0.492 e. The molecule has 5 amide bonds. The van der Waals surface area contributed by atoms with Gasteiger partial charge in [-0.25, -0.2) is 18.0 Å². The highest BCUT2D eigenvalue weighted by Gasteiger charge is 2.60. The first-order chi connectivity index (χ1) is 26.4. The zero-order valence-corrected chi connectivity index (χ0v) is 33.7. The molecule has 6 rings (SSSR count). The van der Waals surface area contributed by atoms with E-state index >= 15 is 0 Å². The molecule has 4 atom stereocenters. The molecule has 306 valence electrons. The van der Waals surface area contributed by atoms with Crippen molar-refractivity contribution in [3.63, 3.8) is 0 Å². The molecule has 17 heteroatoms. The van der Waals surface area contributed by atoms with Crippen molar-refractivity contribution in [2.24, 2.45) is 0 Å². The summed E-state index contributed by atoms with van der Waals surface area (Å²) in [6.45, 7) is 6.81. The van der Waals surface area contributed by atoms with Gasteiger partial charge in [0, 0.05) is 38.0 Å². The number of hydrogen-bond acceptors (Lipinski definition) is 11. The Balaban J connectivity index is 1.22. The Kier molecular flexibility index (Phi) is 12.1. The van der Waals surface area contributed by atoms with Gasteiger partial charge < -0.3 is 34.6 Å². The number of sulfonamides is 1. The van der Waals surface area contributed by atoms with E-state index in [-0.39, 0.29) is 32.4 Å². The van der Waals surface area contributed by atoms with Gasteiger partial charge in [0.25, 0.3) is 5.91 Å². The van der Waals surface area contributed by atoms with Gasteiger partial charge in [-0.2, -0.15) is 0 Å². The van der Waals surface area contributed by atoms with Crippen LogP contribution in [-0.4, -0.2) is 121 Å². The van der Waals surface area contributed by atoms with Crippen LogP contribution in [0.15, 0.2) is 35.6 Å². The molecule has 5 aliphatic rings. The predicted molar refractivity (Wildman–Crippen MR) is 204 cm³/mol. The van der Waals surface area contributed by atoms with Gasteiger partial charge in [-0.05, 0) is 96.3 Å². The number of rotatable bonds is 9. The van der Waals surface area contributed by atoms with Crippen LogP contribution in [0.3, 0.4) is 0 Å². The maximum Gasteiger partial charge on any atom is 0.410 e. The monoisotopic (exact) mass is 798 g/mol. The van der Waals surface area contributed by atoms with E-state index < -0.39 is 74.5 Å². The van der Waals surface area contributed by atoms with Gasteiger partial charge in [0.15, 0.2) is 5.54 Å². The smallest absolute Gasteiger partial charge is 0.410 e. The van der Waals surface area contributed by atoms with Crippen LogP contribution < -0.4 is 20.1 Å². The molecule has 3 fully saturated rings. The van der Waals surface area contributed by atoms with Crippen LogP contribution in [0.2, 0.25) is 0 Å². The Morgan fingerprint density at radius 2 is 1.80 bits per heavy atom. The minimum absolute atomic E-state index is 0.0427. The predicted octanol–water partition coefficient (Wildman–Crippen LogP) is 2.85. The molecule has 3 N–H and O–H groups in total. The van der Waals surface area contributed by atoms with E-state index in [1.165, 1.54) is 9.80 Å². The second-order valence-electron chi connectivity index (χ2n) is 16.6. The largest absolute Gasteiger partial charge is 0.492 e. The number of likely N-dealkylation sites (N-methyl/N-ethyl adjacent to an activating group) is 1. The zero-order chi connectivity index (χ0) is 40.4. The summed E-state index contributed by atoms with van der Waals surface area (Å²) < 4.78 is 45.0. The molecule has 0 aromatic heterocycles.